The average molecular weight is 589 g/mol. The van der Waals surface area contributed by atoms with E-state index in [9.17, 15) is 29.1 Å². The highest BCUT2D eigenvalue weighted by Crippen LogP contribution is 2.10. The van der Waals surface area contributed by atoms with E-state index in [0.717, 1.165) is 12.0 Å². The Bertz CT molecular complexity index is 1080. The van der Waals surface area contributed by atoms with Gasteiger partial charge >= 0.3 is 5.97 Å². The maximum Gasteiger partial charge on any atom is 0.305 e. The van der Waals surface area contributed by atoms with Crippen molar-refractivity contribution >= 4 is 35.6 Å². The van der Waals surface area contributed by atoms with E-state index >= 15 is 0 Å². The lowest BCUT2D eigenvalue weighted by atomic mass is 10.0. The maximum atomic E-state index is 13.1. The Morgan fingerprint density at radius 2 is 1.74 bits per heavy atom. The Morgan fingerprint density at radius 1 is 1.02 bits per heavy atom. The van der Waals surface area contributed by atoms with E-state index in [0.29, 0.717) is 32.4 Å². The normalized spacial score (nSPS) is 22.9. The smallest absolute Gasteiger partial charge is 0.305 e. The minimum atomic E-state index is -1.39. The topological polar surface area (TPSA) is 230 Å². The molecule has 1 fully saturated rings. The van der Waals surface area contributed by atoms with Crippen molar-refractivity contribution in [2.75, 3.05) is 13.1 Å². The number of amides is 4. The number of benzene rings is 1. The third kappa shape index (κ3) is 13.9. The molecule has 1 aromatic rings. The fraction of sp³-hybridized carbons (Fsp3) is 0.571. The molecule has 1 saturated heterocycles. The lowest BCUT2D eigenvalue weighted by molar-refractivity contribution is -0.141. The zero-order valence-electron chi connectivity index (χ0n) is 24.1. The molecule has 0 saturated carbocycles. The summed E-state index contributed by atoms with van der Waals surface area (Å²) in [5.74, 6) is -3.40. The molecule has 1 aromatic carbocycles. The van der Waals surface area contributed by atoms with Crippen molar-refractivity contribution in [2.24, 2.45) is 16.5 Å². The summed E-state index contributed by atoms with van der Waals surface area (Å²) in [4.78, 5) is 67.1. The Hall–Kier alpha value is -4.20. The van der Waals surface area contributed by atoms with E-state index in [1.54, 1.807) is 0 Å². The number of nitrogens with zero attached hydrogens (tertiary/aromatic N) is 1. The van der Waals surface area contributed by atoms with Gasteiger partial charge in [0.15, 0.2) is 5.96 Å². The minimum absolute atomic E-state index is 0.0119. The van der Waals surface area contributed by atoms with E-state index in [1.807, 2.05) is 37.3 Å². The van der Waals surface area contributed by atoms with Gasteiger partial charge in [0.05, 0.1) is 6.42 Å². The number of carbonyl (C=O) groups excluding carboxylic acids is 4. The summed E-state index contributed by atoms with van der Waals surface area (Å²) in [7, 11) is 0. The largest absolute Gasteiger partial charge is 0.481 e. The lowest BCUT2D eigenvalue weighted by Crippen LogP contribution is -2.54. The van der Waals surface area contributed by atoms with Gasteiger partial charge in [-0.3, -0.25) is 29.0 Å². The highest BCUT2D eigenvalue weighted by Gasteiger charge is 2.29. The molecule has 0 spiro atoms. The van der Waals surface area contributed by atoms with Crippen molar-refractivity contribution in [3.05, 3.63) is 35.9 Å². The predicted molar refractivity (Wildman–Crippen MR) is 157 cm³/mol. The highest BCUT2D eigenvalue weighted by molar-refractivity contribution is 5.94. The first-order valence-electron chi connectivity index (χ1n) is 14.2. The van der Waals surface area contributed by atoms with Crippen LogP contribution >= 0.6 is 0 Å². The summed E-state index contributed by atoms with van der Waals surface area (Å²) in [6.07, 6.45) is 1.84. The molecule has 0 radical (unpaired) electrons. The zero-order chi connectivity index (χ0) is 30.9. The number of aliphatic imine (C=N–C) groups is 1. The molecule has 2 rings (SSSR count). The quantitative estimate of drug-likeness (QED) is 0.103. The molecule has 10 N–H and O–H groups in total. The van der Waals surface area contributed by atoms with Crippen LogP contribution in [-0.4, -0.2) is 77.9 Å². The number of nitrogens with one attached hydrogen (secondary N) is 5. The summed E-state index contributed by atoms with van der Waals surface area (Å²) in [5.41, 5.74) is 11.6. The van der Waals surface area contributed by atoms with E-state index in [4.69, 9.17) is 11.5 Å². The number of hydrogen-bond acceptors (Lipinski definition) is 7. The molecule has 3 unspecified atom stereocenters. The van der Waals surface area contributed by atoms with Gasteiger partial charge in [0.2, 0.25) is 23.6 Å². The second kappa shape index (κ2) is 18.3. The van der Waals surface area contributed by atoms with E-state index < -0.39 is 42.2 Å². The van der Waals surface area contributed by atoms with Crippen molar-refractivity contribution in [2.45, 2.75) is 89.0 Å². The van der Waals surface area contributed by atoms with Gasteiger partial charge in [-0.1, -0.05) is 30.3 Å². The van der Waals surface area contributed by atoms with E-state index in [-0.39, 0.29) is 49.8 Å². The summed E-state index contributed by atoms with van der Waals surface area (Å²) in [5, 5.41) is 23.5. The summed E-state index contributed by atoms with van der Waals surface area (Å²) in [6, 6.07) is 6.42. The highest BCUT2D eigenvalue weighted by atomic mass is 16.4. The minimum Gasteiger partial charge on any atom is -0.481 e. The monoisotopic (exact) mass is 588 g/mol. The standard InChI is InChI=1S/C28H44N8O6/c1-18-16-32-20(10-6-14-31-28(29)30)9-5-11-23(37)35-22(15-25(39)40)27(42)36-21(12-13-24(38)34-18)26(41)33-17-19-7-3-2-4-8-19/h2-4,7-8,18,20-22,32H,5-6,9-17H2,1H3,(H,33,41)(H,34,38)(H,35,37)(H,36,42)(H,39,40)(H4,29,30,31)/t18-,20?,21?,22?/m0/s1. The molecule has 1 heterocycles. The second-order valence-corrected chi connectivity index (χ2v) is 10.4. The van der Waals surface area contributed by atoms with Gasteiger partial charge in [0, 0.05) is 44.6 Å². The number of hydrogen-bond donors (Lipinski definition) is 8. The molecule has 0 aliphatic carbocycles. The van der Waals surface area contributed by atoms with Gasteiger partial charge in [-0.05, 0) is 44.6 Å². The first kappa shape index (κ1) is 34.0. The van der Waals surface area contributed by atoms with Crippen LogP contribution in [0.5, 0.6) is 0 Å². The SMILES string of the molecule is C[C@H]1CNC(CCCN=C(N)N)CCCC(=O)NC(CC(=O)O)C(=O)NC(C(=O)NCc2ccccc2)CCC(=O)N1. The predicted octanol–water partition coefficient (Wildman–Crippen LogP) is -0.772. The lowest BCUT2D eigenvalue weighted by Gasteiger charge is -2.23. The zero-order valence-corrected chi connectivity index (χ0v) is 24.1. The van der Waals surface area contributed by atoms with Gasteiger partial charge in [0.1, 0.15) is 12.1 Å². The van der Waals surface area contributed by atoms with Crippen LogP contribution < -0.4 is 38.1 Å². The first-order valence-corrected chi connectivity index (χ1v) is 14.2. The van der Waals surface area contributed by atoms with Crippen molar-refractivity contribution in [3.63, 3.8) is 0 Å². The van der Waals surface area contributed by atoms with Gasteiger partial charge in [-0.25, -0.2) is 0 Å². The molecular weight excluding hydrogens is 544 g/mol. The van der Waals surface area contributed by atoms with Crippen LogP contribution in [0.3, 0.4) is 0 Å². The van der Waals surface area contributed by atoms with Crippen molar-refractivity contribution in [1.82, 2.24) is 26.6 Å². The number of carboxylic acid groups (broad SMARTS) is 1. The van der Waals surface area contributed by atoms with E-state index in [1.165, 1.54) is 0 Å². The van der Waals surface area contributed by atoms with Crippen LogP contribution in [0.15, 0.2) is 35.3 Å². The van der Waals surface area contributed by atoms with Gasteiger partial charge in [0.25, 0.3) is 0 Å². The Balaban J connectivity index is 2.16. The molecule has 0 bridgehead atoms. The van der Waals surface area contributed by atoms with E-state index in [2.05, 4.69) is 31.6 Å². The molecule has 14 heteroatoms. The number of guanidine groups is 1. The molecule has 14 nitrogen and oxygen atoms in total. The average Bonchev–Trinajstić information content (AvgIpc) is 2.93. The number of carbonyl (C=O) groups is 5. The first-order chi connectivity index (χ1) is 20.0. The van der Waals surface area contributed by atoms with Crippen LogP contribution in [0.2, 0.25) is 0 Å². The van der Waals surface area contributed by atoms with Crippen LogP contribution in [0.25, 0.3) is 0 Å². The van der Waals surface area contributed by atoms with Gasteiger partial charge < -0.3 is 43.2 Å². The fourth-order valence-electron chi connectivity index (χ4n) is 4.52. The summed E-state index contributed by atoms with van der Waals surface area (Å²) in [6.45, 7) is 2.98. The van der Waals surface area contributed by atoms with Crippen LogP contribution in [-0.2, 0) is 30.5 Å². The molecule has 232 valence electrons. The van der Waals surface area contributed by atoms with Crippen molar-refractivity contribution in [3.8, 4) is 0 Å². The molecule has 4 atom stereocenters. The molecule has 1 aliphatic rings. The third-order valence-electron chi connectivity index (χ3n) is 6.71. The maximum absolute atomic E-state index is 13.1. The summed E-state index contributed by atoms with van der Waals surface area (Å²) >= 11 is 0. The van der Waals surface area contributed by atoms with Gasteiger partial charge in [-0.2, -0.15) is 0 Å². The number of carboxylic acids is 1. The Labute approximate surface area is 245 Å². The Morgan fingerprint density at radius 3 is 2.43 bits per heavy atom. The molecule has 0 aromatic heterocycles. The van der Waals surface area contributed by atoms with Crippen LogP contribution in [0, 0.1) is 0 Å². The molecule has 42 heavy (non-hydrogen) atoms. The second-order valence-electron chi connectivity index (χ2n) is 10.4. The summed E-state index contributed by atoms with van der Waals surface area (Å²) < 4.78 is 0. The molecule has 1 aliphatic heterocycles. The number of aliphatic carboxylic acids is 1. The third-order valence-corrected chi connectivity index (χ3v) is 6.71. The van der Waals surface area contributed by atoms with Crippen molar-refractivity contribution in [1.29, 1.82) is 0 Å². The fourth-order valence-corrected chi connectivity index (χ4v) is 4.52. The Kier molecular flexibility index (Phi) is 14.8. The molecule has 4 amide bonds. The van der Waals surface area contributed by atoms with Crippen LogP contribution in [0.1, 0.15) is 63.9 Å². The molecular formula is C28H44N8O6. The van der Waals surface area contributed by atoms with Crippen molar-refractivity contribution < 1.29 is 29.1 Å². The van der Waals surface area contributed by atoms with Gasteiger partial charge in [-0.15, -0.1) is 0 Å². The number of nitrogens with two attached hydrogens (primary N) is 2. The number of rotatable bonds is 9. The van der Waals surface area contributed by atoms with Crippen LogP contribution in [0.4, 0.5) is 0 Å².